The standard InChI is InChI=1S/C22H22N6O3S/c29-22(18-5-3-17(4-6-18)15-26-9-8-23-16-26)27-10-12-28(13-11-27)32(30,31)20-14-25-21-19(20)2-1-7-24-21/h1-9,14,16H,10-13,15H2,(H,24,25). The van der Waals surface area contributed by atoms with E-state index in [4.69, 9.17) is 0 Å². The van der Waals surface area contributed by atoms with Crippen LogP contribution in [0, 0.1) is 0 Å². The number of aromatic amines is 1. The maximum absolute atomic E-state index is 13.1. The van der Waals surface area contributed by atoms with Crippen molar-refractivity contribution in [3.05, 3.63) is 78.6 Å². The summed E-state index contributed by atoms with van der Waals surface area (Å²) in [6.45, 7) is 1.87. The number of aromatic nitrogens is 4. The Hall–Kier alpha value is -3.50. The molecule has 164 valence electrons. The molecule has 1 amide bonds. The molecule has 0 radical (unpaired) electrons. The van der Waals surface area contributed by atoms with Crippen LogP contribution in [0.3, 0.4) is 0 Å². The lowest BCUT2D eigenvalue weighted by molar-refractivity contribution is 0.0698. The summed E-state index contributed by atoms with van der Waals surface area (Å²) in [5.74, 6) is -0.0903. The monoisotopic (exact) mass is 450 g/mol. The van der Waals surface area contributed by atoms with Crippen LogP contribution in [0.25, 0.3) is 11.0 Å². The van der Waals surface area contributed by atoms with Crippen molar-refractivity contribution >= 4 is 27.0 Å². The first kappa shape index (κ1) is 20.4. The highest BCUT2D eigenvalue weighted by molar-refractivity contribution is 7.89. The Labute approximate surface area is 185 Å². The van der Waals surface area contributed by atoms with Crippen molar-refractivity contribution in [2.24, 2.45) is 0 Å². The Morgan fingerprint density at radius 1 is 1.03 bits per heavy atom. The number of benzene rings is 1. The Morgan fingerprint density at radius 2 is 1.81 bits per heavy atom. The third-order valence-corrected chi connectivity index (χ3v) is 7.62. The van der Waals surface area contributed by atoms with E-state index in [1.807, 2.05) is 35.0 Å². The van der Waals surface area contributed by atoms with Crippen molar-refractivity contribution in [1.29, 1.82) is 0 Å². The van der Waals surface area contributed by atoms with Crippen molar-refractivity contribution in [2.45, 2.75) is 11.4 Å². The molecule has 9 nitrogen and oxygen atoms in total. The second-order valence-corrected chi connectivity index (χ2v) is 9.59. The van der Waals surface area contributed by atoms with Crippen molar-refractivity contribution in [3.8, 4) is 0 Å². The minimum absolute atomic E-state index is 0.0903. The minimum Gasteiger partial charge on any atom is -0.345 e. The lowest BCUT2D eigenvalue weighted by atomic mass is 10.1. The zero-order valence-electron chi connectivity index (χ0n) is 17.3. The number of nitrogens with one attached hydrogen (secondary N) is 1. The highest BCUT2D eigenvalue weighted by Crippen LogP contribution is 2.25. The third-order valence-electron chi connectivity index (χ3n) is 5.68. The fourth-order valence-corrected chi connectivity index (χ4v) is 5.51. The van der Waals surface area contributed by atoms with Gasteiger partial charge in [-0.1, -0.05) is 12.1 Å². The maximum Gasteiger partial charge on any atom is 0.253 e. The zero-order chi connectivity index (χ0) is 22.1. The molecule has 4 aromatic rings. The molecule has 1 aromatic carbocycles. The highest BCUT2D eigenvalue weighted by atomic mass is 32.2. The smallest absolute Gasteiger partial charge is 0.253 e. The van der Waals surface area contributed by atoms with E-state index in [1.54, 1.807) is 35.8 Å². The van der Waals surface area contributed by atoms with Gasteiger partial charge in [-0.05, 0) is 29.8 Å². The van der Waals surface area contributed by atoms with Gasteiger partial charge in [0.15, 0.2) is 0 Å². The minimum atomic E-state index is -3.67. The molecule has 0 spiro atoms. The Morgan fingerprint density at radius 3 is 2.53 bits per heavy atom. The topological polar surface area (TPSA) is 104 Å². The average molecular weight is 451 g/mol. The average Bonchev–Trinajstić information content (AvgIpc) is 3.49. The van der Waals surface area contributed by atoms with Crippen molar-refractivity contribution in [1.82, 2.24) is 28.7 Å². The first-order valence-electron chi connectivity index (χ1n) is 10.3. The number of carbonyl (C=O) groups is 1. The molecule has 4 heterocycles. The van der Waals surface area contributed by atoms with E-state index in [0.29, 0.717) is 36.2 Å². The van der Waals surface area contributed by atoms with Gasteiger partial charge in [0.2, 0.25) is 10.0 Å². The van der Waals surface area contributed by atoms with Crippen LogP contribution in [0.4, 0.5) is 0 Å². The number of piperazine rings is 1. The zero-order valence-corrected chi connectivity index (χ0v) is 18.1. The van der Waals surface area contributed by atoms with E-state index in [9.17, 15) is 13.2 Å². The molecule has 3 aromatic heterocycles. The molecule has 1 fully saturated rings. The van der Waals surface area contributed by atoms with Crippen LogP contribution < -0.4 is 0 Å². The first-order valence-corrected chi connectivity index (χ1v) is 11.7. The number of nitrogens with zero attached hydrogens (tertiary/aromatic N) is 5. The van der Waals surface area contributed by atoms with E-state index in [1.165, 1.54) is 10.5 Å². The number of rotatable bonds is 5. The Kier molecular flexibility index (Phi) is 5.24. The van der Waals surface area contributed by atoms with E-state index < -0.39 is 10.0 Å². The molecule has 1 N–H and O–H groups in total. The number of carbonyl (C=O) groups excluding carboxylic acids is 1. The molecule has 10 heteroatoms. The van der Waals surface area contributed by atoms with Gasteiger partial charge in [-0.15, -0.1) is 0 Å². The number of H-pyrrole nitrogens is 1. The van der Waals surface area contributed by atoms with E-state index in [-0.39, 0.29) is 23.9 Å². The van der Waals surface area contributed by atoms with E-state index in [2.05, 4.69) is 15.0 Å². The summed E-state index contributed by atoms with van der Waals surface area (Å²) in [5, 5.41) is 0.571. The molecule has 1 aliphatic heterocycles. The summed E-state index contributed by atoms with van der Waals surface area (Å²) in [4.78, 5) is 25.9. The first-order chi connectivity index (χ1) is 15.5. The molecule has 0 saturated carbocycles. The van der Waals surface area contributed by atoms with Crippen LogP contribution in [0.1, 0.15) is 15.9 Å². The predicted molar refractivity (Wildman–Crippen MR) is 119 cm³/mol. The van der Waals surface area contributed by atoms with Crippen LogP contribution in [0.2, 0.25) is 0 Å². The third kappa shape index (κ3) is 3.78. The molecular weight excluding hydrogens is 428 g/mol. The normalized spacial score (nSPS) is 15.3. The van der Waals surface area contributed by atoms with E-state index in [0.717, 1.165) is 5.56 Å². The van der Waals surface area contributed by atoms with Gasteiger partial charge in [0, 0.05) is 68.5 Å². The summed E-state index contributed by atoms with van der Waals surface area (Å²) in [5.41, 5.74) is 2.21. The number of hydrogen-bond donors (Lipinski definition) is 1. The number of amides is 1. The predicted octanol–water partition coefficient (Wildman–Crippen LogP) is 1.95. The van der Waals surface area contributed by atoms with E-state index >= 15 is 0 Å². The molecule has 0 bridgehead atoms. The largest absolute Gasteiger partial charge is 0.345 e. The second-order valence-electron chi connectivity index (χ2n) is 7.68. The van der Waals surface area contributed by atoms with Gasteiger partial charge in [-0.3, -0.25) is 4.79 Å². The molecule has 5 rings (SSSR count). The molecular formula is C22H22N6O3S. The molecule has 1 aliphatic rings. The summed E-state index contributed by atoms with van der Waals surface area (Å²) >= 11 is 0. The number of pyridine rings is 1. The fourth-order valence-electron chi connectivity index (χ4n) is 3.94. The summed E-state index contributed by atoms with van der Waals surface area (Å²) in [6, 6.07) is 10.9. The molecule has 0 aliphatic carbocycles. The van der Waals surface area contributed by atoms with Crippen molar-refractivity contribution in [3.63, 3.8) is 0 Å². The van der Waals surface area contributed by atoms with Crippen LogP contribution in [0.5, 0.6) is 0 Å². The molecule has 0 unspecified atom stereocenters. The highest BCUT2D eigenvalue weighted by Gasteiger charge is 2.32. The van der Waals surface area contributed by atoms with Crippen molar-refractivity contribution < 1.29 is 13.2 Å². The fraction of sp³-hybridized carbons (Fsp3) is 0.227. The summed E-state index contributed by atoms with van der Waals surface area (Å²) in [6.07, 6.45) is 8.46. The van der Waals surface area contributed by atoms with Gasteiger partial charge in [-0.2, -0.15) is 4.31 Å². The van der Waals surface area contributed by atoms with Gasteiger partial charge >= 0.3 is 0 Å². The summed E-state index contributed by atoms with van der Waals surface area (Å²) in [7, 11) is -3.67. The van der Waals surface area contributed by atoms with Gasteiger partial charge in [0.25, 0.3) is 5.91 Å². The van der Waals surface area contributed by atoms with Gasteiger partial charge in [0.05, 0.1) is 6.33 Å². The Bertz CT molecular complexity index is 1340. The van der Waals surface area contributed by atoms with Crippen LogP contribution >= 0.6 is 0 Å². The number of imidazole rings is 1. The lowest BCUT2D eigenvalue weighted by Crippen LogP contribution is -2.50. The van der Waals surface area contributed by atoms with Crippen LogP contribution in [0.15, 0.2) is 72.4 Å². The second kappa shape index (κ2) is 8.21. The maximum atomic E-state index is 13.1. The SMILES string of the molecule is O=C(c1ccc(Cn2ccnc2)cc1)N1CCN(S(=O)(=O)c2c[nH]c3ncccc23)CC1. The molecule has 0 atom stereocenters. The van der Waals surface area contributed by atoms with Crippen LogP contribution in [-0.2, 0) is 16.6 Å². The number of hydrogen-bond acceptors (Lipinski definition) is 5. The molecule has 1 saturated heterocycles. The van der Waals surface area contributed by atoms with Gasteiger partial charge < -0.3 is 14.5 Å². The van der Waals surface area contributed by atoms with Gasteiger partial charge in [-0.25, -0.2) is 18.4 Å². The van der Waals surface area contributed by atoms with Crippen LogP contribution in [-0.4, -0.2) is 69.2 Å². The Balaban J connectivity index is 1.24. The quantitative estimate of drug-likeness (QED) is 0.501. The lowest BCUT2D eigenvalue weighted by Gasteiger charge is -2.34. The van der Waals surface area contributed by atoms with Crippen molar-refractivity contribution in [2.75, 3.05) is 26.2 Å². The summed E-state index contributed by atoms with van der Waals surface area (Å²) < 4.78 is 29.7. The number of sulfonamides is 1. The van der Waals surface area contributed by atoms with Gasteiger partial charge in [0.1, 0.15) is 10.5 Å². The molecule has 32 heavy (non-hydrogen) atoms. The number of fused-ring (bicyclic) bond motifs is 1.